The Labute approximate surface area is 121 Å². The average Bonchev–Trinajstić information content (AvgIpc) is 2.88. The van der Waals surface area contributed by atoms with Gasteiger partial charge in [0.2, 0.25) is 0 Å². The Hall–Kier alpha value is -2.89. The van der Waals surface area contributed by atoms with E-state index in [2.05, 4.69) is 5.10 Å². The van der Waals surface area contributed by atoms with Gasteiger partial charge in [-0.1, -0.05) is 12.1 Å². The van der Waals surface area contributed by atoms with Crippen molar-refractivity contribution in [2.75, 3.05) is 6.61 Å². The molecule has 6 nitrogen and oxygen atoms in total. The lowest BCUT2D eigenvalue weighted by atomic mass is 10.1. The molecule has 1 heterocycles. The van der Waals surface area contributed by atoms with Crippen LogP contribution in [-0.4, -0.2) is 33.2 Å². The van der Waals surface area contributed by atoms with E-state index in [1.54, 1.807) is 48.4 Å². The van der Waals surface area contributed by atoms with Crippen LogP contribution in [0.2, 0.25) is 0 Å². The quantitative estimate of drug-likeness (QED) is 0.646. The zero-order valence-electron chi connectivity index (χ0n) is 11.4. The lowest BCUT2D eigenvalue weighted by molar-refractivity contribution is -0.139. The molecule has 0 atom stereocenters. The van der Waals surface area contributed by atoms with E-state index in [0.717, 1.165) is 5.56 Å². The lowest BCUT2D eigenvalue weighted by Gasteiger charge is -2.04. The van der Waals surface area contributed by atoms with E-state index in [0.29, 0.717) is 11.3 Å². The predicted molar refractivity (Wildman–Crippen MR) is 76.1 cm³/mol. The number of aliphatic carboxylic acids is 1. The number of rotatable bonds is 6. The molecule has 6 heteroatoms. The highest BCUT2D eigenvalue weighted by Gasteiger charge is 2.05. The molecular formula is C15H14N2O4. The molecule has 0 unspecified atom stereocenters. The molecule has 21 heavy (non-hydrogen) atoms. The highest BCUT2D eigenvalue weighted by molar-refractivity contribution is 6.07. The monoisotopic (exact) mass is 286 g/mol. The van der Waals surface area contributed by atoms with E-state index in [1.165, 1.54) is 12.1 Å². The van der Waals surface area contributed by atoms with Gasteiger partial charge in [0.25, 0.3) is 0 Å². The number of aryl methyl sites for hydroxylation is 1. The molecule has 1 N–H and O–H groups in total. The van der Waals surface area contributed by atoms with E-state index in [4.69, 9.17) is 9.84 Å². The molecular weight excluding hydrogens is 272 g/mol. The van der Waals surface area contributed by atoms with Gasteiger partial charge in [-0.05, 0) is 24.3 Å². The summed E-state index contributed by atoms with van der Waals surface area (Å²) in [6, 6.07) is 6.40. The van der Waals surface area contributed by atoms with Crippen LogP contribution in [0.1, 0.15) is 15.9 Å². The van der Waals surface area contributed by atoms with Crippen LogP contribution < -0.4 is 4.74 Å². The standard InChI is InChI=1S/C15H14N2O4/c1-17-9-11(8-16-17)5-6-14(18)12-3-2-4-13(7-12)21-10-15(19)20/h2-9H,10H2,1H3,(H,19,20)/b6-5-. The molecule has 2 rings (SSSR count). The largest absolute Gasteiger partial charge is 0.482 e. The summed E-state index contributed by atoms with van der Waals surface area (Å²) in [6.45, 7) is -0.441. The summed E-state index contributed by atoms with van der Waals surface area (Å²) in [7, 11) is 1.79. The Bertz CT molecular complexity index is 688. The molecule has 0 aliphatic rings. The number of carbonyl (C=O) groups is 2. The molecule has 2 aromatic rings. The number of benzene rings is 1. The summed E-state index contributed by atoms with van der Waals surface area (Å²) in [5.74, 6) is -0.916. The number of carboxylic acids is 1. The number of carbonyl (C=O) groups excluding carboxylic acids is 1. The highest BCUT2D eigenvalue weighted by Crippen LogP contribution is 2.14. The van der Waals surface area contributed by atoms with Gasteiger partial charge in [-0.25, -0.2) is 4.79 Å². The first kappa shape index (κ1) is 14.5. The summed E-state index contributed by atoms with van der Waals surface area (Å²) >= 11 is 0. The summed E-state index contributed by atoms with van der Waals surface area (Å²) in [4.78, 5) is 22.5. The third-order valence-corrected chi connectivity index (χ3v) is 2.63. The third-order valence-electron chi connectivity index (χ3n) is 2.63. The normalized spacial score (nSPS) is 10.7. The first-order chi connectivity index (χ1) is 10.0. The molecule has 0 amide bonds. The van der Waals surface area contributed by atoms with Crippen molar-refractivity contribution in [2.45, 2.75) is 0 Å². The van der Waals surface area contributed by atoms with Gasteiger partial charge in [0.1, 0.15) is 5.75 Å². The number of carboxylic acid groups (broad SMARTS) is 1. The zero-order chi connectivity index (χ0) is 15.2. The van der Waals surface area contributed by atoms with Crippen LogP contribution in [0.3, 0.4) is 0 Å². The lowest BCUT2D eigenvalue weighted by Crippen LogP contribution is -2.09. The maximum atomic E-state index is 12.0. The number of hydrogen-bond acceptors (Lipinski definition) is 4. The first-order valence-corrected chi connectivity index (χ1v) is 6.20. The Balaban J connectivity index is 2.06. The molecule has 1 aromatic carbocycles. The van der Waals surface area contributed by atoms with E-state index >= 15 is 0 Å². The number of hydrogen-bond donors (Lipinski definition) is 1. The zero-order valence-corrected chi connectivity index (χ0v) is 11.4. The molecule has 0 fully saturated rings. The van der Waals surface area contributed by atoms with Gasteiger partial charge in [0.05, 0.1) is 6.20 Å². The molecule has 0 aliphatic heterocycles. The highest BCUT2D eigenvalue weighted by atomic mass is 16.5. The van der Waals surface area contributed by atoms with E-state index < -0.39 is 12.6 Å². The fourth-order valence-corrected chi connectivity index (χ4v) is 1.68. The van der Waals surface area contributed by atoms with Crippen LogP contribution in [0.4, 0.5) is 0 Å². The predicted octanol–water partition coefficient (Wildman–Crippen LogP) is 1.78. The minimum atomic E-state index is -1.07. The van der Waals surface area contributed by atoms with Crippen LogP contribution in [-0.2, 0) is 11.8 Å². The first-order valence-electron chi connectivity index (χ1n) is 6.20. The average molecular weight is 286 g/mol. The Morgan fingerprint density at radius 3 is 2.90 bits per heavy atom. The Morgan fingerprint density at radius 2 is 2.24 bits per heavy atom. The molecule has 1 aromatic heterocycles. The van der Waals surface area contributed by atoms with Crippen molar-refractivity contribution < 1.29 is 19.4 Å². The fourth-order valence-electron chi connectivity index (χ4n) is 1.68. The smallest absolute Gasteiger partial charge is 0.341 e. The molecule has 0 saturated carbocycles. The maximum absolute atomic E-state index is 12.0. The van der Waals surface area contributed by atoms with Crippen molar-refractivity contribution in [1.82, 2.24) is 9.78 Å². The molecule has 0 spiro atoms. The summed E-state index contributed by atoms with van der Waals surface area (Å²) in [6.07, 6.45) is 6.54. The molecule has 0 radical (unpaired) electrons. The van der Waals surface area contributed by atoms with Crippen LogP contribution in [0.15, 0.2) is 42.7 Å². The summed E-state index contributed by atoms with van der Waals surface area (Å²) in [5, 5.41) is 12.6. The van der Waals surface area contributed by atoms with E-state index in [9.17, 15) is 9.59 Å². The number of aromatic nitrogens is 2. The third kappa shape index (κ3) is 4.31. The number of allylic oxidation sites excluding steroid dienone is 1. The second kappa shape index (κ2) is 6.51. The Kier molecular flexibility index (Phi) is 4.50. The number of ether oxygens (including phenoxy) is 1. The minimum absolute atomic E-state index is 0.195. The summed E-state index contributed by atoms with van der Waals surface area (Å²) in [5.41, 5.74) is 1.25. The van der Waals surface area contributed by atoms with Gasteiger partial charge in [0.15, 0.2) is 12.4 Å². The van der Waals surface area contributed by atoms with Crippen LogP contribution in [0, 0.1) is 0 Å². The van der Waals surface area contributed by atoms with Crippen molar-refractivity contribution in [3.8, 4) is 5.75 Å². The van der Waals surface area contributed by atoms with Crippen molar-refractivity contribution in [3.05, 3.63) is 53.9 Å². The Morgan fingerprint density at radius 1 is 1.43 bits per heavy atom. The molecule has 108 valence electrons. The van der Waals surface area contributed by atoms with Gasteiger partial charge in [-0.2, -0.15) is 5.10 Å². The number of nitrogens with zero attached hydrogens (tertiary/aromatic N) is 2. The fraction of sp³-hybridized carbons (Fsp3) is 0.133. The van der Waals surface area contributed by atoms with Crippen LogP contribution in [0.5, 0.6) is 5.75 Å². The van der Waals surface area contributed by atoms with Gasteiger partial charge in [-0.3, -0.25) is 9.48 Å². The minimum Gasteiger partial charge on any atom is -0.482 e. The van der Waals surface area contributed by atoms with Gasteiger partial charge >= 0.3 is 5.97 Å². The van der Waals surface area contributed by atoms with E-state index in [-0.39, 0.29) is 5.78 Å². The van der Waals surface area contributed by atoms with Gasteiger partial charge < -0.3 is 9.84 Å². The second-order valence-electron chi connectivity index (χ2n) is 4.36. The van der Waals surface area contributed by atoms with Gasteiger partial charge in [0, 0.05) is 24.4 Å². The molecule has 0 aliphatic carbocycles. The van der Waals surface area contributed by atoms with E-state index in [1.807, 2.05) is 0 Å². The number of ketones is 1. The SMILES string of the molecule is Cn1cc(/C=C\C(=O)c2cccc(OCC(=O)O)c2)cn1. The van der Waals surface area contributed by atoms with Crippen molar-refractivity contribution in [1.29, 1.82) is 0 Å². The summed E-state index contributed by atoms with van der Waals surface area (Å²) < 4.78 is 6.68. The van der Waals surface area contributed by atoms with Crippen molar-refractivity contribution in [3.63, 3.8) is 0 Å². The second-order valence-corrected chi connectivity index (χ2v) is 4.36. The molecule has 0 saturated heterocycles. The van der Waals surface area contributed by atoms with Crippen LogP contribution in [0.25, 0.3) is 6.08 Å². The topological polar surface area (TPSA) is 81.4 Å². The van der Waals surface area contributed by atoms with Gasteiger partial charge in [-0.15, -0.1) is 0 Å². The maximum Gasteiger partial charge on any atom is 0.341 e. The van der Waals surface area contributed by atoms with Crippen molar-refractivity contribution in [2.24, 2.45) is 7.05 Å². The van der Waals surface area contributed by atoms with Crippen LogP contribution >= 0.6 is 0 Å². The van der Waals surface area contributed by atoms with Crippen molar-refractivity contribution >= 4 is 17.8 Å². The molecule has 0 bridgehead atoms.